The first-order chi connectivity index (χ1) is 11.3. The van der Waals surface area contributed by atoms with E-state index in [1.54, 1.807) is 31.2 Å². The highest BCUT2D eigenvalue weighted by Gasteiger charge is 2.36. The highest BCUT2D eigenvalue weighted by molar-refractivity contribution is 6.08. The van der Waals surface area contributed by atoms with Gasteiger partial charge in [-0.1, -0.05) is 18.2 Å². The number of fused-ring (bicyclic) bond motifs is 1. The molecule has 24 heavy (non-hydrogen) atoms. The van der Waals surface area contributed by atoms with Gasteiger partial charge >= 0.3 is 5.69 Å². The lowest BCUT2D eigenvalue weighted by Gasteiger charge is -2.23. The third-order valence-electron chi connectivity index (χ3n) is 3.98. The number of halogens is 3. The average molecular weight is 336 g/mol. The first-order valence-corrected chi connectivity index (χ1v) is 7.06. The van der Waals surface area contributed by atoms with Gasteiger partial charge in [0.15, 0.2) is 5.82 Å². The van der Waals surface area contributed by atoms with E-state index in [-0.39, 0.29) is 6.04 Å². The van der Waals surface area contributed by atoms with Crippen molar-refractivity contribution in [3.63, 3.8) is 0 Å². The van der Waals surface area contributed by atoms with Crippen molar-refractivity contribution in [2.75, 3.05) is 4.90 Å². The van der Waals surface area contributed by atoms with E-state index in [1.165, 1.54) is 4.90 Å². The number of para-hydroxylation sites is 1. The van der Waals surface area contributed by atoms with E-state index < -0.39 is 39.5 Å². The predicted molar refractivity (Wildman–Crippen MR) is 79.4 cm³/mol. The Bertz CT molecular complexity index is 870. The first kappa shape index (κ1) is 16.0. The van der Waals surface area contributed by atoms with Crippen LogP contribution in [0.25, 0.3) is 0 Å². The number of nitro groups is 1. The fourth-order valence-electron chi connectivity index (χ4n) is 2.88. The first-order valence-electron chi connectivity index (χ1n) is 7.06. The minimum absolute atomic E-state index is 0.346. The number of hydrogen-bond acceptors (Lipinski definition) is 3. The number of nitrogens with zero attached hydrogens (tertiary/aromatic N) is 2. The Morgan fingerprint density at radius 2 is 1.88 bits per heavy atom. The van der Waals surface area contributed by atoms with E-state index >= 15 is 0 Å². The summed E-state index contributed by atoms with van der Waals surface area (Å²) in [6.07, 6.45) is 0.509. The van der Waals surface area contributed by atoms with E-state index in [4.69, 9.17) is 0 Å². The van der Waals surface area contributed by atoms with Crippen LogP contribution in [0.5, 0.6) is 0 Å². The molecule has 0 saturated heterocycles. The molecule has 0 aliphatic carbocycles. The Balaban J connectivity index is 2.13. The lowest BCUT2D eigenvalue weighted by Crippen LogP contribution is -2.36. The molecule has 1 atom stereocenters. The number of rotatable bonds is 2. The molecule has 0 radical (unpaired) electrons. The molecule has 0 N–H and O–H groups in total. The quantitative estimate of drug-likeness (QED) is 0.478. The highest BCUT2D eigenvalue weighted by Crippen LogP contribution is 2.34. The summed E-state index contributed by atoms with van der Waals surface area (Å²) in [5.74, 6) is -6.65. The normalized spacial score (nSPS) is 16.2. The molecule has 1 amide bonds. The van der Waals surface area contributed by atoms with Crippen molar-refractivity contribution in [2.45, 2.75) is 19.4 Å². The van der Waals surface area contributed by atoms with Crippen LogP contribution in [-0.4, -0.2) is 16.9 Å². The number of hydrogen-bond donors (Lipinski definition) is 0. The van der Waals surface area contributed by atoms with Gasteiger partial charge in [-0.3, -0.25) is 14.9 Å². The van der Waals surface area contributed by atoms with Crippen LogP contribution < -0.4 is 4.90 Å². The van der Waals surface area contributed by atoms with Crippen LogP contribution in [0.2, 0.25) is 0 Å². The number of benzene rings is 2. The Hall–Kier alpha value is -2.90. The maximum absolute atomic E-state index is 14.0. The molecule has 0 aromatic heterocycles. The Kier molecular flexibility index (Phi) is 3.75. The molecule has 8 heteroatoms. The Morgan fingerprint density at radius 3 is 2.54 bits per heavy atom. The zero-order valence-electron chi connectivity index (χ0n) is 12.4. The predicted octanol–water partition coefficient (Wildman–Crippen LogP) is 3.60. The van der Waals surface area contributed by atoms with Crippen molar-refractivity contribution in [3.8, 4) is 0 Å². The maximum atomic E-state index is 14.0. The third kappa shape index (κ3) is 2.31. The van der Waals surface area contributed by atoms with Gasteiger partial charge < -0.3 is 4.90 Å². The number of anilines is 1. The van der Waals surface area contributed by atoms with Gasteiger partial charge in [0, 0.05) is 17.8 Å². The van der Waals surface area contributed by atoms with Gasteiger partial charge in [0.2, 0.25) is 11.6 Å². The zero-order valence-corrected chi connectivity index (χ0v) is 12.4. The van der Waals surface area contributed by atoms with Crippen molar-refractivity contribution >= 4 is 17.3 Å². The topological polar surface area (TPSA) is 63.5 Å². The molecule has 2 aromatic rings. The third-order valence-corrected chi connectivity index (χ3v) is 3.98. The summed E-state index contributed by atoms with van der Waals surface area (Å²) in [6, 6.07) is 6.99. The second-order valence-corrected chi connectivity index (χ2v) is 5.50. The molecule has 1 aliphatic heterocycles. The lowest BCUT2D eigenvalue weighted by atomic mass is 10.1. The number of carbonyl (C=O) groups excluding carboxylic acids is 1. The summed E-state index contributed by atoms with van der Waals surface area (Å²) in [6.45, 7) is 1.71. The average Bonchev–Trinajstić information content (AvgIpc) is 2.87. The van der Waals surface area contributed by atoms with Gasteiger partial charge in [-0.15, -0.1) is 0 Å². The van der Waals surface area contributed by atoms with Gasteiger partial charge in [-0.2, -0.15) is 4.39 Å². The van der Waals surface area contributed by atoms with Crippen LogP contribution in [0, 0.1) is 27.6 Å². The van der Waals surface area contributed by atoms with Crippen LogP contribution in [0.4, 0.5) is 24.5 Å². The van der Waals surface area contributed by atoms with Crippen LogP contribution in [0.15, 0.2) is 30.3 Å². The van der Waals surface area contributed by atoms with Crippen LogP contribution >= 0.6 is 0 Å². The van der Waals surface area contributed by atoms with Crippen molar-refractivity contribution < 1.29 is 22.9 Å². The summed E-state index contributed by atoms with van der Waals surface area (Å²) in [4.78, 5) is 23.5. The Morgan fingerprint density at radius 1 is 1.21 bits per heavy atom. The van der Waals surface area contributed by atoms with Crippen LogP contribution in [-0.2, 0) is 6.42 Å². The molecule has 0 bridgehead atoms. The van der Waals surface area contributed by atoms with Crippen LogP contribution in [0.1, 0.15) is 22.8 Å². The monoisotopic (exact) mass is 336 g/mol. The van der Waals surface area contributed by atoms with Crippen molar-refractivity contribution in [3.05, 3.63) is 69.0 Å². The molecule has 0 saturated carbocycles. The fraction of sp³-hybridized carbons (Fsp3) is 0.188. The molecule has 3 rings (SSSR count). The summed E-state index contributed by atoms with van der Waals surface area (Å²) in [7, 11) is 0. The number of carbonyl (C=O) groups is 1. The summed E-state index contributed by atoms with van der Waals surface area (Å²) in [5.41, 5.74) is -0.792. The summed E-state index contributed by atoms with van der Waals surface area (Å²) in [5, 5.41) is 10.8. The fourth-order valence-corrected chi connectivity index (χ4v) is 2.88. The minimum Gasteiger partial charge on any atom is -0.305 e. The molecule has 5 nitrogen and oxygen atoms in total. The molecule has 124 valence electrons. The van der Waals surface area contributed by atoms with Gasteiger partial charge in [-0.25, -0.2) is 8.78 Å². The SMILES string of the molecule is CC1Cc2ccccc2N1C(=O)c1cc([N+](=O)[O-])c(F)c(F)c1F. The van der Waals surface area contributed by atoms with Crippen molar-refractivity contribution in [2.24, 2.45) is 0 Å². The Labute approximate surface area is 134 Å². The standard InChI is InChI=1S/C16H11F3N2O3/c1-8-6-9-4-2-3-5-11(9)20(8)16(22)10-7-12(21(23)24)14(18)15(19)13(10)17/h2-5,7-8H,6H2,1H3. The van der Waals surface area contributed by atoms with E-state index in [0.29, 0.717) is 18.2 Å². The van der Waals surface area contributed by atoms with Gasteiger partial charge in [-0.05, 0) is 25.0 Å². The summed E-state index contributed by atoms with van der Waals surface area (Å²) >= 11 is 0. The molecule has 2 aromatic carbocycles. The van der Waals surface area contributed by atoms with Gasteiger partial charge in [0.05, 0.1) is 10.5 Å². The van der Waals surface area contributed by atoms with E-state index in [2.05, 4.69) is 0 Å². The maximum Gasteiger partial charge on any atom is 0.308 e. The molecule has 0 fully saturated rings. The smallest absolute Gasteiger partial charge is 0.305 e. The van der Waals surface area contributed by atoms with Crippen molar-refractivity contribution in [1.29, 1.82) is 0 Å². The lowest BCUT2D eigenvalue weighted by molar-refractivity contribution is -0.387. The minimum atomic E-state index is -2.03. The second-order valence-electron chi connectivity index (χ2n) is 5.50. The number of amides is 1. The molecular formula is C16H11F3N2O3. The number of nitro benzene ring substituents is 1. The van der Waals surface area contributed by atoms with Crippen LogP contribution in [0.3, 0.4) is 0 Å². The summed E-state index contributed by atoms with van der Waals surface area (Å²) < 4.78 is 41.1. The molecular weight excluding hydrogens is 325 g/mol. The van der Waals surface area contributed by atoms with Crippen molar-refractivity contribution in [1.82, 2.24) is 0 Å². The van der Waals surface area contributed by atoms with E-state index in [1.807, 2.05) is 0 Å². The largest absolute Gasteiger partial charge is 0.308 e. The molecule has 1 aliphatic rings. The van der Waals surface area contributed by atoms with E-state index in [9.17, 15) is 28.1 Å². The highest BCUT2D eigenvalue weighted by atomic mass is 19.2. The van der Waals surface area contributed by atoms with Gasteiger partial charge in [0.1, 0.15) is 0 Å². The van der Waals surface area contributed by atoms with Gasteiger partial charge in [0.25, 0.3) is 5.91 Å². The zero-order chi connectivity index (χ0) is 17.6. The molecule has 1 unspecified atom stereocenters. The van der Waals surface area contributed by atoms with E-state index in [0.717, 1.165) is 5.56 Å². The molecule has 1 heterocycles. The molecule has 0 spiro atoms. The second kappa shape index (κ2) is 5.63.